The lowest BCUT2D eigenvalue weighted by atomic mass is 10.2. The fraction of sp³-hybridized carbons (Fsp3) is 0.158. The van der Waals surface area contributed by atoms with Crippen LogP contribution >= 0.6 is 11.6 Å². The van der Waals surface area contributed by atoms with Crippen molar-refractivity contribution in [3.05, 3.63) is 64.7 Å². The van der Waals surface area contributed by atoms with Crippen molar-refractivity contribution < 1.29 is 23.8 Å². The second-order valence-electron chi connectivity index (χ2n) is 5.44. The van der Waals surface area contributed by atoms with E-state index < -0.39 is 5.97 Å². The summed E-state index contributed by atoms with van der Waals surface area (Å²) in [6.45, 7) is 0.142. The molecule has 2 aromatic rings. The number of rotatable bonds is 6. The third-order valence-electron chi connectivity index (χ3n) is 3.54. The van der Waals surface area contributed by atoms with Gasteiger partial charge in [0.05, 0.1) is 5.02 Å². The Bertz CT molecular complexity index is 835. The summed E-state index contributed by atoms with van der Waals surface area (Å²) in [6.07, 6.45) is 2.75. The molecule has 1 aliphatic heterocycles. The molecule has 134 valence electrons. The summed E-state index contributed by atoms with van der Waals surface area (Å²) in [5, 5.41) is 3.07. The Morgan fingerprint density at radius 3 is 2.81 bits per heavy atom. The van der Waals surface area contributed by atoms with Crippen LogP contribution in [0.5, 0.6) is 11.5 Å². The predicted octanol–water partition coefficient (Wildman–Crippen LogP) is 2.94. The number of hydrogen-bond acceptors (Lipinski definition) is 5. The van der Waals surface area contributed by atoms with Crippen molar-refractivity contribution >= 4 is 29.6 Å². The third-order valence-corrected chi connectivity index (χ3v) is 3.82. The van der Waals surface area contributed by atoms with Gasteiger partial charge >= 0.3 is 5.97 Å². The average molecular weight is 374 g/mol. The summed E-state index contributed by atoms with van der Waals surface area (Å²) in [4.78, 5) is 23.4. The average Bonchev–Trinajstić information content (AvgIpc) is 3.13. The quantitative estimate of drug-likeness (QED) is 0.622. The van der Waals surface area contributed by atoms with E-state index in [1.165, 1.54) is 12.2 Å². The first kappa shape index (κ1) is 17.8. The van der Waals surface area contributed by atoms with Gasteiger partial charge in [-0.3, -0.25) is 4.79 Å². The lowest BCUT2D eigenvalue weighted by Gasteiger charge is -2.05. The minimum absolute atomic E-state index is 0.113. The highest BCUT2D eigenvalue weighted by molar-refractivity contribution is 6.32. The molecule has 0 bridgehead atoms. The van der Waals surface area contributed by atoms with Gasteiger partial charge in [-0.2, -0.15) is 0 Å². The first-order chi connectivity index (χ1) is 12.6. The van der Waals surface area contributed by atoms with Crippen molar-refractivity contribution in [1.29, 1.82) is 0 Å². The number of amides is 1. The number of esters is 1. The maximum Gasteiger partial charge on any atom is 0.331 e. The maximum absolute atomic E-state index is 11.7. The summed E-state index contributed by atoms with van der Waals surface area (Å²) in [6, 6.07) is 12.8. The van der Waals surface area contributed by atoms with Gasteiger partial charge in [-0.1, -0.05) is 41.9 Å². The van der Waals surface area contributed by atoms with E-state index >= 15 is 0 Å². The Morgan fingerprint density at radius 2 is 2.00 bits per heavy atom. The lowest BCUT2D eigenvalue weighted by Crippen LogP contribution is -2.28. The molecule has 6 nitrogen and oxygen atoms in total. The van der Waals surface area contributed by atoms with Crippen molar-refractivity contribution in [2.45, 2.75) is 6.54 Å². The van der Waals surface area contributed by atoms with Crippen molar-refractivity contribution in [1.82, 2.24) is 5.32 Å². The maximum atomic E-state index is 11.7. The zero-order chi connectivity index (χ0) is 18.4. The summed E-state index contributed by atoms with van der Waals surface area (Å²) in [5.41, 5.74) is 1.62. The second kappa shape index (κ2) is 8.40. The monoisotopic (exact) mass is 373 g/mol. The summed E-state index contributed by atoms with van der Waals surface area (Å²) in [7, 11) is 0. The fourth-order valence-corrected chi connectivity index (χ4v) is 2.55. The highest BCUT2D eigenvalue weighted by atomic mass is 35.5. The van der Waals surface area contributed by atoms with Crippen LogP contribution in [0.4, 0.5) is 0 Å². The van der Waals surface area contributed by atoms with E-state index in [1.807, 2.05) is 30.3 Å². The number of nitrogens with one attached hydrogen (secondary N) is 1. The van der Waals surface area contributed by atoms with Crippen LogP contribution in [0.1, 0.15) is 11.1 Å². The molecule has 1 aliphatic rings. The molecular weight excluding hydrogens is 358 g/mol. The molecule has 0 aromatic heterocycles. The molecule has 7 heteroatoms. The number of carbonyl (C=O) groups is 2. The van der Waals surface area contributed by atoms with E-state index in [0.29, 0.717) is 28.6 Å². The minimum Gasteiger partial charge on any atom is -0.454 e. The van der Waals surface area contributed by atoms with Gasteiger partial charge in [0, 0.05) is 12.6 Å². The van der Waals surface area contributed by atoms with Crippen LogP contribution in [0.25, 0.3) is 6.08 Å². The number of fused-ring (bicyclic) bond motifs is 1. The Kier molecular flexibility index (Phi) is 5.76. The van der Waals surface area contributed by atoms with Crippen LogP contribution in [0.15, 0.2) is 48.5 Å². The molecule has 0 atom stereocenters. The normalized spacial score (nSPS) is 12.2. The van der Waals surface area contributed by atoms with E-state index in [0.717, 1.165) is 5.56 Å². The first-order valence-corrected chi connectivity index (χ1v) is 8.24. The molecule has 1 N–H and O–H groups in total. The molecule has 0 fully saturated rings. The van der Waals surface area contributed by atoms with Gasteiger partial charge < -0.3 is 19.5 Å². The van der Waals surface area contributed by atoms with Crippen molar-refractivity contribution in [2.24, 2.45) is 0 Å². The molecule has 2 aromatic carbocycles. The molecule has 0 saturated carbocycles. The standard InChI is InChI=1S/C19H16ClNO5/c20-15-8-14(9-16-19(15)26-12-25-16)6-7-18(23)24-11-17(22)21-10-13-4-2-1-3-5-13/h1-9H,10-12H2,(H,21,22)/b7-6+. The van der Waals surface area contributed by atoms with Crippen LogP contribution in [-0.4, -0.2) is 25.3 Å². The van der Waals surface area contributed by atoms with Gasteiger partial charge in [0.1, 0.15) is 0 Å². The van der Waals surface area contributed by atoms with E-state index in [9.17, 15) is 9.59 Å². The van der Waals surface area contributed by atoms with Gasteiger partial charge in [0.25, 0.3) is 5.91 Å². The van der Waals surface area contributed by atoms with Crippen LogP contribution in [0, 0.1) is 0 Å². The first-order valence-electron chi connectivity index (χ1n) is 7.86. The highest BCUT2D eigenvalue weighted by Gasteiger charge is 2.17. The van der Waals surface area contributed by atoms with Crippen molar-refractivity contribution in [2.75, 3.05) is 13.4 Å². The molecule has 0 radical (unpaired) electrons. The van der Waals surface area contributed by atoms with Crippen molar-refractivity contribution in [3.8, 4) is 11.5 Å². The van der Waals surface area contributed by atoms with Crippen molar-refractivity contribution in [3.63, 3.8) is 0 Å². The van der Waals surface area contributed by atoms with Crippen LogP contribution < -0.4 is 14.8 Å². The van der Waals surface area contributed by atoms with E-state index in [2.05, 4.69) is 5.32 Å². The van der Waals surface area contributed by atoms with Crippen LogP contribution in [-0.2, 0) is 20.9 Å². The Labute approximate surface area is 155 Å². The molecule has 1 heterocycles. The number of carbonyl (C=O) groups excluding carboxylic acids is 2. The molecule has 1 amide bonds. The second-order valence-corrected chi connectivity index (χ2v) is 5.85. The number of benzene rings is 2. The molecule has 0 unspecified atom stereocenters. The Morgan fingerprint density at radius 1 is 1.19 bits per heavy atom. The summed E-state index contributed by atoms with van der Waals surface area (Å²) >= 11 is 6.07. The lowest BCUT2D eigenvalue weighted by molar-refractivity contribution is -0.143. The van der Waals surface area contributed by atoms with Crippen LogP contribution in [0.3, 0.4) is 0 Å². The topological polar surface area (TPSA) is 73.9 Å². The Hall–Kier alpha value is -2.99. The van der Waals surface area contributed by atoms with Gasteiger partial charge in [0.15, 0.2) is 18.1 Å². The Balaban J connectivity index is 1.46. The molecule has 0 saturated heterocycles. The zero-order valence-corrected chi connectivity index (χ0v) is 14.5. The number of hydrogen-bond donors (Lipinski definition) is 1. The van der Waals surface area contributed by atoms with Gasteiger partial charge in [-0.25, -0.2) is 4.79 Å². The van der Waals surface area contributed by atoms with E-state index in [4.69, 9.17) is 25.8 Å². The zero-order valence-electron chi connectivity index (χ0n) is 13.7. The van der Waals surface area contributed by atoms with Gasteiger partial charge in [-0.15, -0.1) is 0 Å². The molecular formula is C19H16ClNO5. The summed E-state index contributed by atoms with van der Waals surface area (Å²) < 4.78 is 15.4. The van der Waals surface area contributed by atoms with Gasteiger partial charge in [-0.05, 0) is 29.3 Å². The molecule has 26 heavy (non-hydrogen) atoms. The van der Waals surface area contributed by atoms with E-state index in [1.54, 1.807) is 12.1 Å². The van der Waals surface area contributed by atoms with Gasteiger partial charge in [0.2, 0.25) is 6.79 Å². The predicted molar refractivity (Wildman–Crippen MR) is 95.9 cm³/mol. The number of ether oxygens (including phenoxy) is 3. The third kappa shape index (κ3) is 4.77. The SMILES string of the molecule is O=C(COC(=O)/C=C/c1cc(Cl)c2c(c1)OCO2)NCc1ccccc1. The summed E-state index contributed by atoms with van der Waals surface area (Å²) in [5.74, 6) is 0.00247. The molecule has 3 rings (SSSR count). The highest BCUT2D eigenvalue weighted by Crippen LogP contribution is 2.40. The van der Waals surface area contributed by atoms with E-state index in [-0.39, 0.29) is 19.3 Å². The molecule has 0 aliphatic carbocycles. The largest absolute Gasteiger partial charge is 0.454 e. The fourth-order valence-electron chi connectivity index (χ4n) is 2.28. The molecule has 0 spiro atoms. The smallest absolute Gasteiger partial charge is 0.331 e. The van der Waals surface area contributed by atoms with Crippen LogP contribution in [0.2, 0.25) is 5.02 Å². The number of halogens is 1. The minimum atomic E-state index is -0.631.